The van der Waals surface area contributed by atoms with Gasteiger partial charge in [0.2, 0.25) is 0 Å². The average molecular weight is 226 g/mol. The number of aryl methyl sites for hydroxylation is 1. The van der Waals surface area contributed by atoms with E-state index in [0.29, 0.717) is 22.9 Å². The number of halogens is 1. The Labute approximate surface area is 90.3 Å². The summed E-state index contributed by atoms with van der Waals surface area (Å²) in [6.07, 6.45) is 2.14. The number of rotatable bonds is 3. The maximum atomic E-state index is 10.4. The lowest BCUT2D eigenvalue weighted by atomic mass is 10.3. The predicted molar refractivity (Wildman–Crippen MR) is 54.0 cm³/mol. The molecule has 0 aliphatic heterocycles. The van der Waals surface area contributed by atoms with E-state index in [4.69, 9.17) is 16.7 Å². The van der Waals surface area contributed by atoms with Crippen molar-refractivity contribution in [1.29, 1.82) is 0 Å². The molecular formula is C9H8ClN3O2. The van der Waals surface area contributed by atoms with Crippen molar-refractivity contribution < 1.29 is 9.90 Å². The Balaban J connectivity index is 2.32. The molecule has 6 heteroatoms. The second-order valence-corrected chi connectivity index (χ2v) is 3.52. The first-order chi connectivity index (χ1) is 7.16. The number of nitrogens with zero attached hydrogens (tertiary/aromatic N) is 3. The molecule has 2 aromatic rings. The molecule has 0 saturated heterocycles. The Hall–Kier alpha value is -1.62. The zero-order valence-electron chi connectivity index (χ0n) is 7.72. The highest BCUT2D eigenvalue weighted by atomic mass is 35.5. The Morgan fingerprint density at radius 1 is 1.53 bits per heavy atom. The first-order valence-electron chi connectivity index (χ1n) is 4.38. The third-order valence-electron chi connectivity index (χ3n) is 2.01. The molecule has 0 aromatic carbocycles. The molecule has 5 nitrogen and oxygen atoms in total. The minimum Gasteiger partial charge on any atom is -0.481 e. The molecule has 0 spiro atoms. The fourth-order valence-electron chi connectivity index (χ4n) is 1.30. The number of carboxylic acid groups (broad SMARTS) is 1. The van der Waals surface area contributed by atoms with Crippen molar-refractivity contribution in [2.75, 3.05) is 0 Å². The maximum Gasteiger partial charge on any atom is 0.303 e. The number of carboxylic acids is 1. The van der Waals surface area contributed by atoms with Gasteiger partial charge in [-0.2, -0.15) is 0 Å². The molecule has 0 bridgehead atoms. The van der Waals surface area contributed by atoms with Gasteiger partial charge in [-0.25, -0.2) is 0 Å². The van der Waals surface area contributed by atoms with Crippen LogP contribution in [0.5, 0.6) is 0 Å². The van der Waals surface area contributed by atoms with Crippen molar-refractivity contribution in [3.8, 4) is 0 Å². The summed E-state index contributed by atoms with van der Waals surface area (Å²) in [5.74, 6) is -0.218. The molecule has 0 saturated carbocycles. The number of hydrogen-bond donors (Lipinski definition) is 1. The summed E-state index contributed by atoms with van der Waals surface area (Å²) in [7, 11) is 0. The molecular weight excluding hydrogens is 218 g/mol. The van der Waals surface area contributed by atoms with Crippen LogP contribution < -0.4 is 0 Å². The second-order valence-electron chi connectivity index (χ2n) is 3.08. The minimum atomic E-state index is -0.847. The van der Waals surface area contributed by atoms with Gasteiger partial charge < -0.3 is 5.11 Å². The summed E-state index contributed by atoms with van der Waals surface area (Å²) in [4.78, 5) is 10.4. The molecule has 0 radical (unpaired) electrons. The fourth-order valence-corrected chi connectivity index (χ4v) is 1.46. The molecule has 0 fully saturated rings. The molecule has 15 heavy (non-hydrogen) atoms. The minimum absolute atomic E-state index is 0.0451. The molecule has 2 aromatic heterocycles. The number of fused-ring (bicyclic) bond motifs is 1. The Morgan fingerprint density at radius 2 is 2.33 bits per heavy atom. The van der Waals surface area contributed by atoms with Crippen molar-refractivity contribution in [2.45, 2.75) is 12.8 Å². The predicted octanol–water partition coefficient (Wildman–Crippen LogP) is 1.40. The van der Waals surface area contributed by atoms with Crippen molar-refractivity contribution in [2.24, 2.45) is 0 Å². The van der Waals surface area contributed by atoms with E-state index >= 15 is 0 Å². The van der Waals surface area contributed by atoms with E-state index < -0.39 is 5.97 Å². The van der Waals surface area contributed by atoms with Gasteiger partial charge in [-0.15, -0.1) is 10.2 Å². The van der Waals surface area contributed by atoms with Gasteiger partial charge >= 0.3 is 5.97 Å². The highest BCUT2D eigenvalue weighted by molar-refractivity contribution is 6.30. The van der Waals surface area contributed by atoms with Crippen LogP contribution in [-0.2, 0) is 11.2 Å². The zero-order valence-corrected chi connectivity index (χ0v) is 8.48. The molecule has 2 rings (SSSR count). The maximum absolute atomic E-state index is 10.4. The van der Waals surface area contributed by atoms with E-state index in [9.17, 15) is 4.79 Å². The third-order valence-corrected chi connectivity index (χ3v) is 2.24. The summed E-state index contributed by atoms with van der Waals surface area (Å²) >= 11 is 5.78. The number of carbonyl (C=O) groups is 1. The SMILES string of the molecule is O=C(O)CCc1nnc2cc(Cl)ccn12. The standard InChI is InChI=1S/C9H8ClN3O2/c10-6-3-4-13-7(1-2-9(14)15)11-12-8(13)5-6/h3-5H,1-2H2,(H,14,15). The van der Waals surface area contributed by atoms with E-state index in [-0.39, 0.29) is 6.42 Å². The van der Waals surface area contributed by atoms with Gasteiger partial charge in [0, 0.05) is 23.7 Å². The van der Waals surface area contributed by atoms with Gasteiger partial charge in [-0.1, -0.05) is 11.6 Å². The van der Waals surface area contributed by atoms with Crippen LogP contribution in [0.25, 0.3) is 5.65 Å². The van der Waals surface area contributed by atoms with Crippen molar-refractivity contribution in [3.05, 3.63) is 29.2 Å². The first kappa shape index (κ1) is 9.92. The summed E-state index contributed by atoms with van der Waals surface area (Å²) < 4.78 is 1.73. The molecule has 0 amide bonds. The average Bonchev–Trinajstić information content (AvgIpc) is 2.57. The monoisotopic (exact) mass is 225 g/mol. The number of aliphatic carboxylic acids is 1. The third kappa shape index (κ3) is 2.07. The van der Waals surface area contributed by atoms with Crippen molar-refractivity contribution in [1.82, 2.24) is 14.6 Å². The van der Waals surface area contributed by atoms with Crippen LogP contribution in [0.1, 0.15) is 12.2 Å². The van der Waals surface area contributed by atoms with Crippen LogP contribution in [-0.4, -0.2) is 25.7 Å². The highest BCUT2D eigenvalue weighted by Crippen LogP contribution is 2.12. The molecule has 0 aliphatic carbocycles. The van der Waals surface area contributed by atoms with E-state index in [1.165, 1.54) is 0 Å². The second kappa shape index (κ2) is 3.86. The van der Waals surface area contributed by atoms with Gasteiger partial charge in [-0.05, 0) is 6.07 Å². The first-order valence-corrected chi connectivity index (χ1v) is 4.75. The normalized spacial score (nSPS) is 10.7. The smallest absolute Gasteiger partial charge is 0.303 e. The van der Waals surface area contributed by atoms with Crippen LogP contribution in [0.15, 0.2) is 18.3 Å². The lowest BCUT2D eigenvalue weighted by Crippen LogP contribution is -2.01. The van der Waals surface area contributed by atoms with Gasteiger partial charge in [-0.3, -0.25) is 9.20 Å². The lowest BCUT2D eigenvalue weighted by Gasteiger charge is -1.97. The largest absolute Gasteiger partial charge is 0.481 e. The summed E-state index contributed by atoms with van der Waals surface area (Å²) in [5.41, 5.74) is 0.628. The van der Waals surface area contributed by atoms with Crippen LogP contribution in [0, 0.1) is 0 Å². The van der Waals surface area contributed by atoms with E-state index in [0.717, 1.165) is 0 Å². The number of pyridine rings is 1. The Morgan fingerprint density at radius 3 is 3.07 bits per heavy atom. The van der Waals surface area contributed by atoms with E-state index in [1.807, 2.05) is 0 Å². The van der Waals surface area contributed by atoms with Gasteiger partial charge in [0.25, 0.3) is 0 Å². The van der Waals surface area contributed by atoms with Gasteiger partial charge in [0.1, 0.15) is 5.82 Å². The highest BCUT2D eigenvalue weighted by Gasteiger charge is 2.07. The summed E-state index contributed by atoms with van der Waals surface area (Å²) in [6, 6.07) is 3.39. The molecule has 0 unspecified atom stereocenters. The molecule has 2 heterocycles. The zero-order chi connectivity index (χ0) is 10.8. The lowest BCUT2D eigenvalue weighted by molar-refractivity contribution is -0.137. The van der Waals surface area contributed by atoms with E-state index in [2.05, 4.69) is 10.2 Å². The van der Waals surface area contributed by atoms with Crippen LogP contribution in [0.2, 0.25) is 5.02 Å². The molecule has 0 aliphatic rings. The van der Waals surface area contributed by atoms with E-state index in [1.54, 1.807) is 22.7 Å². The van der Waals surface area contributed by atoms with Gasteiger partial charge in [0.05, 0.1) is 6.42 Å². The summed E-state index contributed by atoms with van der Waals surface area (Å²) in [6.45, 7) is 0. The van der Waals surface area contributed by atoms with Gasteiger partial charge in [0.15, 0.2) is 5.65 Å². The Kier molecular flexibility index (Phi) is 2.55. The number of aromatic nitrogens is 3. The quantitative estimate of drug-likeness (QED) is 0.858. The van der Waals surface area contributed by atoms with Crippen LogP contribution >= 0.6 is 11.6 Å². The van der Waals surface area contributed by atoms with Crippen LogP contribution in [0.3, 0.4) is 0 Å². The van der Waals surface area contributed by atoms with Crippen molar-refractivity contribution in [3.63, 3.8) is 0 Å². The Bertz CT molecular complexity index is 509. The molecule has 0 atom stereocenters. The van der Waals surface area contributed by atoms with Crippen molar-refractivity contribution >= 4 is 23.2 Å². The topological polar surface area (TPSA) is 67.5 Å². The molecule has 78 valence electrons. The molecule has 1 N–H and O–H groups in total. The summed E-state index contributed by atoms with van der Waals surface area (Å²) in [5, 5.41) is 16.9. The van der Waals surface area contributed by atoms with Crippen LogP contribution in [0.4, 0.5) is 0 Å². The fraction of sp³-hybridized carbons (Fsp3) is 0.222. The number of hydrogen-bond acceptors (Lipinski definition) is 3.